The lowest BCUT2D eigenvalue weighted by atomic mass is 9.92. The normalized spacial score (nSPS) is 36.6. The number of nitrogens with two attached hydrogens (primary N) is 1. The molecule has 0 spiro atoms. The molecule has 8 rings (SSSR count). The molecular formula is C58H86N12O25. The van der Waals surface area contributed by atoms with Crippen molar-refractivity contribution in [1.82, 2.24) is 47.0 Å². The van der Waals surface area contributed by atoms with Gasteiger partial charge in [0.15, 0.2) is 24.4 Å². The van der Waals surface area contributed by atoms with E-state index < -0.39 is 233 Å². The number of aliphatic hydroxyl groups is 14. The number of aliphatic imine (C=N–C) groups is 1. The molecule has 0 saturated carbocycles. The third kappa shape index (κ3) is 16.8. The first-order chi connectivity index (χ1) is 45.2. The molecule has 37 nitrogen and oxygen atoms in total. The van der Waals surface area contributed by atoms with Crippen LogP contribution in [0, 0.1) is 5.41 Å². The first kappa shape index (κ1) is 73.7. The molecule has 0 bridgehead atoms. The molecule has 0 aromatic heterocycles. The monoisotopic (exact) mass is 1350 g/mol. The van der Waals surface area contributed by atoms with Gasteiger partial charge in [-0.05, 0) is 29.7 Å². The topological polar surface area (TPSA) is 585 Å². The Bertz CT molecular complexity index is 2980. The zero-order valence-corrected chi connectivity index (χ0v) is 51.6. The number of carbonyl (C=O) groups excluding carboxylic acids is 6. The van der Waals surface area contributed by atoms with Gasteiger partial charge in [-0.3, -0.25) is 39.2 Å². The van der Waals surface area contributed by atoms with Crippen molar-refractivity contribution in [3.63, 3.8) is 0 Å². The molecule has 0 radical (unpaired) electrons. The predicted octanol–water partition coefficient (Wildman–Crippen LogP) is -11.9. The van der Waals surface area contributed by atoms with E-state index in [4.69, 9.17) is 29.4 Å². The van der Waals surface area contributed by atoms with E-state index >= 15 is 9.59 Å². The summed E-state index contributed by atoms with van der Waals surface area (Å²) < 4.78 is 28.5. The van der Waals surface area contributed by atoms with Crippen LogP contribution in [0.5, 0.6) is 5.75 Å². The molecule has 0 aliphatic carbocycles. The number of hydrogen-bond donors (Lipinski definition) is 23. The van der Waals surface area contributed by atoms with Crippen LogP contribution in [0.1, 0.15) is 43.7 Å². The summed E-state index contributed by atoms with van der Waals surface area (Å²) in [7, 11) is 0. The van der Waals surface area contributed by atoms with E-state index in [1.165, 1.54) is 29.2 Å². The molecule has 6 aliphatic rings. The molecule has 5 fully saturated rings. The van der Waals surface area contributed by atoms with E-state index in [9.17, 15) is 96.1 Å². The number of hydrogen-bond acceptors (Lipinski definition) is 29. The summed E-state index contributed by atoms with van der Waals surface area (Å²) in [6, 6.07) is 0.832. The third-order valence-corrected chi connectivity index (χ3v) is 17.5. The van der Waals surface area contributed by atoms with Gasteiger partial charge in [-0.25, -0.2) is 0 Å². The Morgan fingerprint density at radius 3 is 1.83 bits per heavy atom. The van der Waals surface area contributed by atoms with Crippen molar-refractivity contribution in [1.29, 1.82) is 5.41 Å². The fourth-order valence-electron chi connectivity index (χ4n) is 11.9. The Kier molecular flexibility index (Phi) is 25.4. The standard InChI is InChI=1S/C58H86N12O25/c1-3-4-14-69-18-30(70(58(69)60)54-45(83)42(80)40(78)31(20-72)92-54)39(77)37-52(89)64-29(19-71)49(86)61-17-34(75)66-35(23(2)25-8-6-5-7-9-25)51(88)63-27(50(87)67-36(53(90)68-37)38(76)28-16-62-57(59)65-28)15-24-10-12-26(13-11-24)91-55-47(85)44(82)48(33(22-74)94-55)95-56-46(84)43(81)41(79)32(21-73)93-56/h5-13,23,27-33,35-48,54-56,60,71-74,76-85H,3-4,14-22H2,1-2H3,(H,61,86)(H,63,88)(H,64,89)(H,66,75)(H,67,87)(H,68,90)(H3,59,62,65). The summed E-state index contributed by atoms with van der Waals surface area (Å²) in [6.45, 7) is -1.85. The van der Waals surface area contributed by atoms with E-state index in [0.717, 1.165) is 4.90 Å². The Labute approximate surface area is 542 Å². The van der Waals surface area contributed by atoms with Gasteiger partial charge in [-0.1, -0.05) is 62.7 Å². The number of guanidine groups is 2. The highest BCUT2D eigenvalue weighted by Crippen LogP contribution is 2.33. The fourth-order valence-corrected chi connectivity index (χ4v) is 11.9. The van der Waals surface area contributed by atoms with Gasteiger partial charge in [-0.2, -0.15) is 0 Å². The molecular weight excluding hydrogens is 1260 g/mol. The van der Waals surface area contributed by atoms with Crippen LogP contribution in [0.3, 0.4) is 0 Å². The number of rotatable bonds is 20. The predicted molar refractivity (Wildman–Crippen MR) is 321 cm³/mol. The quantitative estimate of drug-likeness (QED) is 0.0585. The van der Waals surface area contributed by atoms with Gasteiger partial charge in [0, 0.05) is 25.4 Å². The van der Waals surface area contributed by atoms with E-state index in [1.807, 2.05) is 6.92 Å². The van der Waals surface area contributed by atoms with Crippen molar-refractivity contribution in [3.8, 4) is 5.75 Å². The van der Waals surface area contributed by atoms with Crippen molar-refractivity contribution in [2.75, 3.05) is 52.6 Å². The van der Waals surface area contributed by atoms with E-state index in [1.54, 1.807) is 37.3 Å². The molecule has 25 unspecified atom stereocenters. The van der Waals surface area contributed by atoms with Crippen molar-refractivity contribution in [2.45, 2.75) is 186 Å². The number of benzene rings is 2. The molecule has 95 heavy (non-hydrogen) atoms. The molecule has 2 aromatic rings. The summed E-state index contributed by atoms with van der Waals surface area (Å²) in [5, 5.41) is 178. The molecule has 2 aromatic carbocycles. The van der Waals surface area contributed by atoms with Crippen LogP contribution in [0.15, 0.2) is 59.6 Å². The highest BCUT2D eigenvalue weighted by atomic mass is 16.7. The van der Waals surface area contributed by atoms with Crippen LogP contribution in [0.4, 0.5) is 0 Å². The Hall–Kier alpha value is -7.12. The number of aliphatic hydroxyl groups excluding tert-OH is 14. The Morgan fingerprint density at radius 1 is 0.632 bits per heavy atom. The Morgan fingerprint density at radius 2 is 1.21 bits per heavy atom. The summed E-state index contributed by atoms with van der Waals surface area (Å²) in [6.07, 6.45) is -30.8. The Balaban J connectivity index is 1.13. The van der Waals surface area contributed by atoms with Crippen molar-refractivity contribution >= 4 is 47.4 Å². The molecule has 24 N–H and O–H groups in total. The second-order valence-electron chi connectivity index (χ2n) is 24.0. The van der Waals surface area contributed by atoms with Gasteiger partial charge in [0.1, 0.15) is 121 Å². The average Bonchev–Trinajstić information content (AvgIpc) is 1.69. The zero-order chi connectivity index (χ0) is 69.3. The van der Waals surface area contributed by atoms with Crippen molar-refractivity contribution in [3.05, 3.63) is 65.7 Å². The summed E-state index contributed by atoms with van der Waals surface area (Å²) in [4.78, 5) is 94.3. The zero-order valence-electron chi connectivity index (χ0n) is 51.6. The first-order valence-corrected chi connectivity index (χ1v) is 30.9. The lowest BCUT2D eigenvalue weighted by Gasteiger charge is -2.46. The maximum atomic E-state index is 15.2. The molecule has 6 heterocycles. The largest absolute Gasteiger partial charge is 0.462 e. The SMILES string of the molecule is CCCCN1CC(C(O)C2NC(=O)C(C(O)C3CN=C(N)N3)NC(=O)C(Cc3ccc(OC4OC(CO)C(OC5OC(CO)C(O)C(O)C5O)C(O)C4O)cc3)NC(=O)C(C(C)c3ccccc3)NC(=O)CNC(=O)C(CO)NC2=O)N(C2OC(CO)C(O)C(O)C2O)C1=N. The van der Waals surface area contributed by atoms with E-state index in [0.29, 0.717) is 18.4 Å². The van der Waals surface area contributed by atoms with Crippen molar-refractivity contribution < 1.29 is 124 Å². The number of carbonyl (C=O) groups is 6. The van der Waals surface area contributed by atoms with Gasteiger partial charge in [0.05, 0.1) is 51.6 Å². The highest BCUT2D eigenvalue weighted by Gasteiger charge is 2.55. The van der Waals surface area contributed by atoms with Gasteiger partial charge >= 0.3 is 0 Å². The van der Waals surface area contributed by atoms with Crippen LogP contribution in [0.25, 0.3) is 0 Å². The van der Waals surface area contributed by atoms with Crippen LogP contribution >= 0.6 is 0 Å². The smallest absolute Gasteiger partial charge is 0.246 e. The van der Waals surface area contributed by atoms with Gasteiger partial charge in [-0.15, -0.1) is 0 Å². The molecule has 528 valence electrons. The van der Waals surface area contributed by atoms with E-state index in [-0.39, 0.29) is 36.9 Å². The number of nitrogens with one attached hydrogen (secondary N) is 8. The van der Waals surface area contributed by atoms with E-state index in [2.05, 4.69) is 42.2 Å². The van der Waals surface area contributed by atoms with Crippen LogP contribution in [0.2, 0.25) is 0 Å². The minimum atomic E-state index is -2.35. The first-order valence-electron chi connectivity index (χ1n) is 30.9. The maximum Gasteiger partial charge on any atom is 0.246 e. The molecule has 5 saturated heterocycles. The molecule has 6 amide bonds. The fraction of sp³-hybridized carbons (Fsp3) is 0.655. The minimum absolute atomic E-state index is 0.0735. The van der Waals surface area contributed by atoms with Crippen LogP contribution in [-0.4, -0.2) is 328 Å². The second-order valence-corrected chi connectivity index (χ2v) is 24.0. The summed E-state index contributed by atoms with van der Waals surface area (Å²) >= 11 is 0. The van der Waals surface area contributed by atoms with Crippen LogP contribution < -0.4 is 47.7 Å². The van der Waals surface area contributed by atoms with Gasteiger partial charge in [0.2, 0.25) is 41.7 Å². The molecule has 25 atom stereocenters. The molecule has 37 heteroatoms. The summed E-state index contributed by atoms with van der Waals surface area (Å²) in [5.41, 5.74) is 6.65. The number of unbranched alkanes of at least 4 members (excludes halogenated alkanes) is 1. The second kappa shape index (κ2) is 32.7. The minimum Gasteiger partial charge on any atom is -0.462 e. The lowest BCUT2D eigenvalue weighted by Crippen LogP contribution is -2.69. The third-order valence-electron chi connectivity index (χ3n) is 17.5. The highest BCUT2D eigenvalue weighted by molar-refractivity contribution is 5.98. The lowest BCUT2D eigenvalue weighted by molar-refractivity contribution is -0.352. The van der Waals surface area contributed by atoms with Crippen molar-refractivity contribution in [2.24, 2.45) is 10.7 Å². The average molecular weight is 1350 g/mol. The van der Waals surface area contributed by atoms with Gasteiger partial charge in [0.25, 0.3) is 0 Å². The van der Waals surface area contributed by atoms with Gasteiger partial charge < -0.3 is 148 Å². The van der Waals surface area contributed by atoms with Crippen LogP contribution in [-0.2, 0) is 54.1 Å². The number of amides is 6. The number of ether oxygens (including phenoxy) is 5. The number of nitrogens with zero attached hydrogens (tertiary/aromatic N) is 3. The maximum absolute atomic E-state index is 15.2. The molecule has 6 aliphatic heterocycles. The summed E-state index contributed by atoms with van der Waals surface area (Å²) in [5.74, 6) is -8.94.